The molecule has 0 aromatic heterocycles. The lowest BCUT2D eigenvalue weighted by Crippen LogP contribution is -2.25. The molecule has 0 aliphatic carbocycles. The van der Waals surface area contributed by atoms with Gasteiger partial charge in [-0.15, -0.1) is 0 Å². The molecule has 0 aliphatic heterocycles. The number of carbonyl (C=O) groups excluding carboxylic acids is 3. The van der Waals surface area contributed by atoms with Gasteiger partial charge in [0.15, 0.2) is 0 Å². The molecule has 0 spiro atoms. The second kappa shape index (κ2) is 30.0. The highest BCUT2D eigenvalue weighted by Crippen LogP contribution is 2.35. The molecule has 3 unspecified atom stereocenters. The summed E-state index contributed by atoms with van der Waals surface area (Å²) in [6, 6.07) is 22.3. The van der Waals surface area contributed by atoms with Crippen LogP contribution in [0.15, 0.2) is 107 Å². The molecular formula is C58H82O12. The van der Waals surface area contributed by atoms with Crippen molar-refractivity contribution in [2.75, 3.05) is 0 Å². The van der Waals surface area contributed by atoms with E-state index in [1.165, 1.54) is 0 Å². The number of hydrogen-bond donors (Lipinski definition) is 3. The smallest absolute Gasteiger partial charge is 0.376 e. The molecule has 3 rings (SSSR count). The molecule has 70 heavy (non-hydrogen) atoms. The Morgan fingerprint density at radius 3 is 0.843 bits per heavy atom. The quantitative estimate of drug-likeness (QED) is 0.0145. The maximum Gasteiger partial charge on any atom is 0.376 e. The van der Waals surface area contributed by atoms with E-state index >= 15 is 0 Å². The zero-order valence-corrected chi connectivity index (χ0v) is 44.0. The van der Waals surface area contributed by atoms with Crippen LogP contribution in [0.4, 0.5) is 0 Å². The number of rotatable bonds is 30. The van der Waals surface area contributed by atoms with Crippen LogP contribution in [0.2, 0.25) is 0 Å². The Morgan fingerprint density at radius 2 is 0.643 bits per heavy atom. The average molecular weight is 971 g/mol. The predicted octanol–water partition coefficient (Wildman–Crippen LogP) is 14.8. The summed E-state index contributed by atoms with van der Waals surface area (Å²) in [5.74, 6) is -1.01. The van der Waals surface area contributed by atoms with E-state index in [1.807, 2.05) is 57.2 Å². The Balaban J connectivity index is 1.88. The largest absolute Gasteiger partial charge is 0.502 e. The Kier molecular flexibility index (Phi) is 25.0. The molecule has 0 amide bonds. The van der Waals surface area contributed by atoms with Crippen molar-refractivity contribution >= 4 is 17.9 Å². The van der Waals surface area contributed by atoms with Crippen LogP contribution in [0.3, 0.4) is 0 Å². The molecule has 3 N–H and O–H groups in total. The van der Waals surface area contributed by atoms with Crippen LogP contribution in [0.25, 0.3) is 0 Å². The molecule has 0 heterocycles. The summed E-state index contributed by atoms with van der Waals surface area (Å²) >= 11 is 0. The number of ether oxygens (including phenoxy) is 6. The molecule has 12 nitrogen and oxygen atoms in total. The van der Waals surface area contributed by atoms with Crippen LogP contribution in [0.1, 0.15) is 183 Å². The minimum Gasteiger partial charge on any atom is -0.502 e. The highest BCUT2D eigenvalue weighted by atomic mass is 16.7. The van der Waals surface area contributed by atoms with Crippen LogP contribution in [-0.4, -0.2) is 52.1 Å². The van der Waals surface area contributed by atoms with Crippen molar-refractivity contribution in [3.8, 4) is 17.2 Å². The Hall–Kier alpha value is -5.91. The van der Waals surface area contributed by atoms with Gasteiger partial charge in [0, 0.05) is 25.2 Å². The summed E-state index contributed by atoms with van der Waals surface area (Å²) in [5, 5.41) is 31.8. The normalized spacial score (nSPS) is 14.4. The first-order chi connectivity index (χ1) is 33.3. The first-order valence-electron chi connectivity index (χ1n) is 25.3. The van der Waals surface area contributed by atoms with Gasteiger partial charge in [-0.3, -0.25) is 0 Å². The standard InChI is InChI=1S/C58H82O12/c1-13-49(68-56(62)53(59)40(10)22-16-19-37(4)5)65-46-31-25-43(26-32-46)52(44-27-33-47(34-28-44)66-50(14-2)69-57(63)54(60)41(11)23-17-20-38(6)7)45-29-35-48(36-30-45)67-51(15-3)70-58(64)55(61)42(12)24-18-21-39(8)9/h25-39,49-52,59-61H,13-24H2,1-12H3/b53-40-,54-41-,55-42-. The highest BCUT2D eigenvalue weighted by Gasteiger charge is 2.24. The maximum absolute atomic E-state index is 12.9. The van der Waals surface area contributed by atoms with Gasteiger partial charge in [-0.25, -0.2) is 14.4 Å². The van der Waals surface area contributed by atoms with Crippen LogP contribution in [0.5, 0.6) is 17.2 Å². The first kappa shape index (κ1) is 58.4. The SMILES string of the molecule is CCC(OC(=O)/C(O)=C(\C)CCCC(C)C)Oc1ccc(C(c2ccc(OC(CC)OC(=O)/C(O)=C(\C)CCCC(C)C)cc2)c2ccc(OC(CC)OC(=O)/C(O)=C(\C)CCCC(C)C)cc2)cc1. The summed E-state index contributed by atoms with van der Waals surface area (Å²) < 4.78 is 35.0. The molecule has 0 saturated carbocycles. The monoisotopic (exact) mass is 971 g/mol. The molecular weight excluding hydrogens is 889 g/mol. The fourth-order valence-electron chi connectivity index (χ4n) is 7.55. The van der Waals surface area contributed by atoms with Crippen LogP contribution in [-0.2, 0) is 28.6 Å². The Morgan fingerprint density at radius 1 is 0.414 bits per heavy atom. The molecule has 0 bridgehead atoms. The molecule has 3 aromatic carbocycles. The molecule has 3 aromatic rings. The number of carbonyl (C=O) groups is 3. The van der Waals surface area contributed by atoms with Crippen molar-refractivity contribution in [1.82, 2.24) is 0 Å². The molecule has 12 heteroatoms. The second-order valence-corrected chi connectivity index (χ2v) is 19.5. The highest BCUT2D eigenvalue weighted by molar-refractivity contribution is 5.87. The van der Waals surface area contributed by atoms with Gasteiger partial charge < -0.3 is 43.7 Å². The maximum atomic E-state index is 12.9. The second-order valence-electron chi connectivity index (χ2n) is 19.5. The van der Waals surface area contributed by atoms with Gasteiger partial charge in [-0.2, -0.15) is 0 Å². The zero-order valence-electron chi connectivity index (χ0n) is 44.0. The van der Waals surface area contributed by atoms with Crippen LogP contribution in [0, 0.1) is 17.8 Å². The van der Waals surface area contributed by atoms with Gasteiger partial charge in [0.25, 0.3) is 0 Å². The lowest BCUT2D eigenvalue weighted by atomic mass is 9.85. The third-order valence-electron chi connectivity index (χ3n) is 12.0. The van der Waals surface area contributed by atoms with E-state index in [2.05, 4.69) is 41.5 Å². The van der Waals surface area contributed by atoms with E-state index in [9.17, 15) is 29.7 Å². The molecule has 0 saturated heterocycles. The summed E-state index contributed by atoms with van der Waals surface area (Å²) in [6.07, 6.45) is 5.55. The summed E-state index contributed by atoms with van der Waals surface area (Å²) in [4.78, 5) is 38.7. The Bertz CT molecular complexity index is 1920. The number of hydrogen-bond acceptors (Lipinski definition) is 12. The van der Waals surface area contributed by atoms with Crippen molar-refractivity contribution in [3.05, 3.63) is 123 Å². The van der Waals surface area contributed by atoms with E-state index in [1.54, 1.807) is 57.2 Å². The average Bonchev–Trinajstić information content (AvgIpc) is 3.33. The van der Waals surface area contributed by atoms with Crippen molar-refractivity contribution < 1.29 is 58.1 Å². The predicted molar refractivity (Wildman–Crippen MR) is 275 cm³/mol. The van der Waals surface area contributed by atoms with Gasteiger partial charge in [-0.05, 0) is 147 Å². The lowest BCUT2D eigenvalue weighted by Gasteiger charge is -2.23. The van der Waals surface area contributed by atoms with E-state index in [-0.39, 0.29) is 5.92 Å². The molecule has 0 radical (unpaired) electrons. The van der Waals surface area contributed by atoms with Gasteiger partial charge in [0.2, 0.25) is 36.1 Å². The van der Waals surface area contributed by atoms with Crippen molar-refractivity contribution in [2.24, 2.45) is 17.8 Å². The van der Waals surface area contributed by atoms with E-state index in [4.69, 9.17) is 28.4 Å². The molecule has 386 valence electrons. The van der Waals surface area contributed by atoms with Gasteiger partial charge in [0.05, 0.1) is 0 Å². The van der Waals surface area contributed by atoms with Crippen molar-refractivity contribution in [2.45, 2.75) is 185 Å². The molecule has 3 atom stereocenters. The van der Waals surface area contributed by atoms with Gasteiger partial charge in [0.1, 0.15) is 17.2 Å². The van der Waals surface area contributed by atoms with Gasteiger partial charge >= 0.3 is 17.9 Å². The number of esters is 3. The number of benzene rings is 3. The van der Waals surface area contributed by atoms with Crippen LogP contribution < -0.4 is 14.2 Å². The van der Waals surface area contributed by atoms with E-state index in [0.29, 0.717) is 90.2 Å². The Labute approximate surface area is 418 Å². The van der Waals surface area contributed by atoms with Crippen LogP contribution >= 0.6 is 0 Å². The number of aliphatic hydroxyl groups excluding tert-OH is 3. The fraction of sp³-hybridized carbons (Fsp3) is 0.534. The number of aliphatic hydroxyl groups is 3. The third kappa shape index (κ3) is 19.8. The lowest BCUT2D eigenvalue weighted by molar-refractivity contribution is -0.163. The van der Waals surface area contributed by atoms with Crippen molar-refractivity contribution in [3.63, 3.8) is 0 Å². The van der Waals surface area contributed by atoms with E-state index < -0.39 is 54.1 Å². The minimum atomic E-state index is -0.935. The first-order valence-corrected chi connectivity index (χ1v) is 25.3. The van der Waals surface area contributed by atoms with Gasteiger partial charge in [-0.1, -0.05) is 118 Å². The van der Waals surface area contributed by atoms with E-state index in [0.717, 1.165) is 55.2 Å². The molecule has 0 aliphatic rings. The number of allylic oxidation sites excluding steroid dienone is 3. The summed E-state index contributed by atoms with van der Waals surface area (Å²) in [6.45, 7) is 23.5. The third-order valence-corrected chi connectivity index (χ3v) is 12.0. The zero-order chi connectivity index (χ0) is 51.9. The minimum absolute atomic E-state index is 0.321. The molecule has 0 fully saturated rings. The summed E-state index contributed by atoms with van der Waals surface area (Å²) in [7, 11) is 0. The summed E-state index contributed by atoms with van der Waals surface area (Å²) in [5.41, 5.74) is 4.43. The fourth-order valence-corrected chi connectivity index (χ4v) is 7.55. The topological polar surface area (TPSA) is 167 Å². The van der Waals surface area contributed by atoms with Crippen molar-refractivity contribution in [1.29, 1.82) is 0 Å².